The second-order valence-corrected chi connectivity index (χ2v) is 6.57. The summed E-state index contributed by atoms with van der Waals surface area (Å²) in [5, 5.41) is 3.35. The summed E-state index contributed by atoms with van der Waals surface area (Å²) in [5.41, 5.74) is 1.99. The number of rotatable bonds is 8. The summed E-state index contributed by atoms with van der Waals surface area (Å²) in [5.74, 6) is 0.986. The van der Waals surface area contributed by atoms with E-state index in [-0.39, 0.29) is 11.9 Å². The number of carbonyl (C=O) groups excluding carboxylic acids is 1. The van der Waals surface area contributed by atoms with Gasteiger partial charge in [-0.2, -0.15) is 0 Å². The third-order valence-electron chi connectivity index (χ3n) is 4.03. The van der Waals surface area contributed by atoms with Gasteiger partial charge in [-0.1, -0.05) is 23.8 Å². The molecule has 0 spiro atoms. The minimum absolute atomic E-state index is 0.0402. The van der Waals surface area contributed by atoms with Crippen LogP contribution >= 0.6 is 11.6 Å². The van der Waals surface area contributed by atoms with Gasteiger partial charge in [0.25, 0.3) is 0 Å². The average molecular weight is 388 g/mol. The molecule has 1 N–H and O–H groups in total. The molecule has 1 atom stereocenters. The fourth-order valence-corrected chi connectivity index (χ4v) is 2.86. The van der Waals surface area contributed by atoms with Crippen molar-refractivity contribution in [2.24, 2.45) is 0 Å². The first-order valence-corrected chi connectivity index (χ1v) is 9.44. The lowest BCUT2D eigenvalue weighted by Gasteiger charge is -2.21. The van der Waals surface area contributed by atoms with Crippen LogP contribution in [0.15, 0.2) is 42.6 Å². The van der Waals surface area contributed by atoms with Crippen LogP contribution in [-0.2, 0) is 4.79 Å². The summed E-state index contributed by atoms with van der Waals surface area (Å²) in [7, 11) is 0. The van der Waals surface area contributed by atoms with Crippen molar-refractivity contribution < 1.29 is 9.53 Å². The number of nitrogens with one attached hydrogen (secondary N) is 1. The molecule has 2 aromatic rings. The summed E-state index contributed by atoms with van der Waals surface area (Å²) in [4.78, 5) is 17.5. The Labute approximate surface area is 166 Å². The van der Waals surface area contributed by atoms with Gasteiger partial charge in [0.2, 0.25) is 11.8 Å². The minimum Gasteiger partial charge on any atom is -0.437 e. The van der Waals surface area contributed by atoms with Crippen molar-refractivity contribution in [2.75, 3.05) is 18.0 Å². The molecule has 6 heteroatoms. The number of ether oxygens (including phenoxy) is 1. The van der Waals surface area contributed by atoms with E-state index in [4.69, 9.17) is 16.3 Å². The molecule has 27 heavy (non-hydrogen) atoms. The molecular weight excluding hydrogens is 362 g/mol. The van der Waals surface area contributed by atoms with E-state index in [9.17, 15) is 4.79 Å². The standard InChI is InChI=1S/C21H26ClN3O2/c1-5-25(6-2)18-10-11-20(19(22)13-18)27-21-12-9-17(14-23-21)8-7-15(3)24-16(4)26/h7-15H,5-6H2,1-4H3,(H,24,26)/t15-/m0/s1. The van der Waals surface area contributed by atoms with E-state index in [0.29, 0.717) is 16.7 Å². The van der Waals surface area contributed by atoms with Crippen molar-refractivity contribution in [1.29, 1.82) is 0 Å². The summed E-state index contributed by atoms with van der Waals surface area (Å²) in [6, 6.07) is 9.41. The van der Waals surface area contributed by atoms with Gasteiger partial charge in [0, 0.05) is 44.0 Å². The average Bonchev–Trinajstić information content (AvgIpc) is 2.64. The number of pyridine rings is 1. The Morgan fingerprint density at radius 3 is 2.59 bits per heavy atom. The largest absolute Gasteiger partial charge is 0.437 e. The van der Waals surface area contributed by atoms with Crippen molar-refractivity contribution in [3.63, 3.8) is 0 Å². The Morgan fingerprint density at radius 1 is 1.30 bits per heavy atom. The molecule has 0 bridgehead atoms. The molecule has 144 valence electrons. The van der Waals surface area contributed by atoms with Crippen LogP contribution in [0.3, 0.4) is 0 Å². The van der Waals surface area contributed by atoms with Gasteiger partial charge in [-0.3, -0.25) is 4.79 Å². The zero-order valence-electron chi connectivity index (χ0n) is 16.2. The number of nitrogens with zero attached hydrogens (tertiary/aromatic N) is 2. The van der Waals surface area contributed by atoms with Crippen molar-refractivity contribution in [2.45, 2.75) is 33.7 Å². The number of carbonyl (C=O) groups is 1. The van der Waals surface area contributed by atoms with Gasteiger partial charge in [0.1, 0.15) is 5.75 Å². The van der Waals surface area contributed by atoms with Crippen molar-refractivity contribution in [1.82, 2.24) is 10.3 Å². The van der Waals surface area contributed by atoms with E-state index < -0.39 is 0 Å². The molecule has 1 amide bonds. The fourth-order valence-electron chi connectivity index (χ4n) is 2.65. The highest BCUT2D eigenvalue weighted by molar-refractivity contribution is 6.32. The third-order valence-corrected chi connectivity index (χ3v) is 4.32. The summed E-state index contributed by atoms with van der Waals surface area (Å²) < 4.78 is 5.80. The Kier molecular flexibility index (Phi) is 7.67. The second kappa shape index (κ2) is 9.97. The maximum Gasteiger partial charge on any atom is 0.219 e. The lowest BCUT2D eigenvalue weighted by atomic mass is 10.2. The lowest BCUT2D eigenvalue weighted by Crippen LogP contribution is -2.28. The van der Waals surface area contributed by atoms with Gasteiger partial charge in [-0.15, -0.1) is 0 Å². The molecule has 1 aromatic heterocycles. The number of amides is 1. The second-order valence-electron chi connectivity index (χ2n) is 6.17. The molecule has 5 nitrogen and oxygen atoms in total. The van der Waals surface area contributed by atoms with Gasteiger partial charge in [-0.05, 0) is 50.6 Å². The number of anilines is 1. The quantitative estimate of drug-likeness (QED) is 0.699. The molecule has 1 heterocycles. The molecule has 0 aliphatic rings. The number of benzene rings is 1. The van der Waals surface area contributed by atoms with Gasteiger partial charge >= 0.3 is 0 Å². The molecule has 0 aliphatic carbocycles. The van der Waals surface area contributed by atoms with Gasteiger partial charge in [0.05, 0.1) is 5.02 Å². The molecule has 0 saturated carbocycles. The maximum atomic E-state index is 11.0. The van der Waals surface area contributed by atoms with E-state index in [1.165, 1.54) is 6.92 Å². The number of hydrogen-bond acceptors (Lipinski definition) is 4. The highest BCUT2D eigenvalue weighted by atomic mass is 35.5. The molecule has 2 rings (SSSR count). The predicted octanol–water partition coefficient (Wildman–Crippen LogP) is 4.91. The molecule has 0 radical (unpaired) electrons. The Morgan fingerprint density at radius 2 is 2.04 bits per heavy atom. The smallest absolute Gasteiger partial charge is 0.219 e. The van der Waals surface area contributed by atoms with Gasteiger partial charge in [-0.25, -0.2) is 4.98 Å². The topological polar surface area (TPSA) is 54.5 Å². The molecule has 0 aliphatic heterocycles. The summed E-state index contributed by atoms with van der Waals surface area (Å²) in [6.45, 7) is 9.47. The van der Waals surface area contributed by atoms with Crippen molar-refractivity contribution in [3.8, 4) is 11.6 Å². The van der Waals surface area contributed by atoms with Crippen LogP contribution in [0, 0.1) is 0 Å². The van der Waals surface area contributed by atoms with Gasteiger partial charge in [0.15, 0.2) is 0 Å². The molecule has 1 aromatic carbocycles. The van der Waals surface area contributed by atoms with Crippen LogP contribution in [0.25, 0.3) is 6.08 Å². The number of halogens is 1. The van der Waals surface area contributed by atoms with Crippen LogP contribution in [0.1, 0.15) is 33.3 Å². The zero-order chi connectivity index (χ0) is 19.8. The summed E-state index contributed by atoms with van der Waals surface area (Å²) >= 11 is 6.37. The van der Waals surface area contributed by atoms with Crippen LogP contribution in [0.2, 0.25) is 5.02 Å². The Balaban J connectivity index is 2.04. The first-order valence-electron chi connectivity index (χ1n) is 9.06. The van der Waals surface area contributed by atoms with Gasteiger partial charge < -0.3 is 15.0 Å². The molecule has 0 saturated heterocycles. The van der Waals surface area contributed by atoms with Crippen molar-refractivity contribution in [3.05, 3.63) is 53.2 Å². The van der Waals surface area contributed by atoms with Crippen LogP contribution in [-0.4, -0.2) is 30.0 Å². The number of aromatic nitrogens is 1. The molecular formula is C21H26ClN3O2. The normalized spacial score (nSPS) is 12.0. The molecule has 0 fully saturated rings. The Bertz CT molecular complexity index is 787. The Hall–Kier alpha value is -2.53. The highest BCUT2D eigenvalue weighted by Gasteiger charge is 2.08. The van der Waals surface area contributed by atoms with E-state index in [1.807, 2.05) is 43.3 Å². The van der Waals surface area contributed by atoms with Crippen LogP contribution < -0.4 is 15.0 Å². The first-order chi connectivity index (χ1) is 12.9. The minimum atomic E-state index is -0.0575. The van der Waals surface area contributed by atoms with Crippen molar-refractivity contribution >= 4 is 29.3 Å². The lowest BCUT2D eigenvalue weighted by molar-refractivity contribution is -0.119. The maximum absolute atomic E-state index is 11.0. The SMILES string of the molecule is CCN(CC)c1ccc(Oc2ccc(C=C[C@H](C)NC(C)=O)cn2)c(Cl)c1. The highest BCUT2D eigenvalue weighted by Crippen LogP contribution is 2.32. The van der Waals surface area contributed by atoms with E-state index in [0.717, 1.165) is 24.3 Å². The van der Waals surface area contributed by atoms with Crippen LogP contribution in [0.5, 0.6) is 11.6 Å². The fraction of sp³-hybridized carbons (Fsp3) is 0.333. The van der Waals surface area contributed by atoms with Crippen LogP contribution in [0.4, 0.5) is 5.69 Å². The third kappa shape index (κ3) is 6.29. The van der Waals surface area contributed by atoms with E-state index in [1.54, 1.807) is 12.3 Å². The monoisotopic (exact) mass is 387 g/mol. The number of hydrogen-bond donors (Lipinski definition) is 1. The zero-order valence-corrected chi connectivity index (χ0v) is 17.0. The summed E-state index contributed by atoms with van der Waals surface area (Å²) in [6.07, 6.45) is 5.52. The van der Waals surface area contributed by atoms with E-state index >= 15 is 0 Å². The predicted molar refractivity (Wildman–Crippen MR) is 112 cm³/mol. The molecule has 0 unspecified atom stereocenters. The van der Waals surface area contributed by atoms with E-state index in [2.05, 4.69) is 29.0 Å². The first kappa shape index (κ1) is 20.8.